The van der Waals surface area contributed by atoms with Crippen molar-refractivity contribution in [2.24, 2.45) is 0 Å². The highest BCUT2D eigenvalue weighted by Gasteiger charge is 2.29. The molecule has 7 nitrogen and oxygen atoms in total. The van der Waals surface area contributed by atoms with Crippen molar-refractivity contribution in [1.29, 1.82) is 0 Å². The van der Waals surface area contributed by atoms with Gasteiger partial charge in [-0.2, -0.15) is 0 Å². The normalized spacial score (nSPS) is 18.7. The molecule has 1 fully saturated rings. The predicted molar refractivity (Wildman–Crippen MR) is 97.7 cm³/mol. The van der Waals surface area contributed by atoms with Gasteiger partial charge in [0.15, 0.2) is 6.10 Å². The maximum atomic E-state index is 12.7. The van der Waals surface area contributed by atoms with E-state index in [1.165, 1.54) is 0 Å². The van der Waals surface area contributed by atoms with E-state index in [1.54, 1.807) is 35.9 Å². The number of carboxylic acid groups (broad SMARTS) is 1. The van der Waals surface area contributed by atoms with Crippen LogP contribution >= 0.6 is 11.6 Å². The molecule has 1 aliphatic rings. The number of benzene rings is 1. The summed E-state index contributed by atoms with van der Waals surface area (Å²) in [7, 11) is 1.71. The van der Waals surface area contributed by atoms with Gasteiger partial charge in [0.1, 0.15) is 5.75 Å². The molecule has 0 spiro atoms. The van der Waals surface area contributed by atoms with Crippen LogP contribution in [0.2, 0.25) is 5.02 Å². The zero-order valence-electron chi connectivity index (χ0n) is 15.3. The van der Waals surface area contributed by atoms with E-state index in [-0.39, 0.29) is 18.6 Å². The van der Waals surface area contributed by atoms with Crippen LogP contribution in [0.1, 0.15) is 12.5 Å². The first-order valence-electron chi connectivity index (χ1n) is 8.49. The summed E-state index contributed by atoms with van der Waals surface area (Å²) >= 11 is 6.13. The zero-order chi connectivity index (χ0) is 19.3. The standard InChI is InChI=1S/C18H25ClN2O5/c1-12-4-5-15(19)16(8-12)26-13(2)18(24)21-6-7-25-14(10-21)9-20(3)11-17(22)23/h4-5,8,13-14H,6-7,9-11H2,1-3H3,(H,22,23)/t13-,14-/m0/s1. The van der Waals surface area contributed by atoms with Crippen LogP contribution in [-0.4, -0.2) is 78.8 Å². The lowest BCUT2D eigenvalue weighted by molar-refractivity contribution is -0.147. The molecule has 1 N–H and O–H groups in total. The highest BCUT2D eigenvalue weighted by atomic mass is 35.5. The lowest BCUT2D eigenvalue weighted by Crippen LogP contribution is -2.52. The number of carbonyl (C=O) groups excluding carboxylic acids is 1. The molecule has 26 heavy (non-hydrogen) atoms. The lowest BCUT2D eigenvalue weighted by atomic mass is 10.2. The Morgan fingerprint density at radius 1 is 1.50 bits per heavy atom. The number of hydrogen-bond donors (Lipinski definition) is 1. The molecule has 2 atom stereocenters. The number of likely N-dealkylation sites (N-methyl/N-ethyl adjacent to an activating group) is 1. The summed E-state index contributed by atoms with van der Waals surface area (Å²) < 4.78 is 11.4. The van der Waals surface area contributed by atoms with Gasteiger partial charge in [-0.3, -0.25) is 14.5 Å². The summed E-state index contributed by atoms with van der Waals surface area (Å²) in [5.41, 5.74) is 0.997. The van der Waals surface area contributed by atoms with Gasteiger partial charge in [0.2, 0.25) is 0 Å². The highest BCUT2D eigenvalue weighted by molar-refractivity contribution is 6.32. The summed E-state index contributed by atoms with van der Waals surface area (Å²) in [5, 5.41) is 9.30. The van der Waals surface area contributed by atoms with Crippen LogP contribution in [0.5, 0.6) is 5.75 Å². The van der Waals surface area contributed by atoms with Crippen LogP contribution in [0.25, 0.3) is 0 Å². The van der Waals surface area contributed by atoms with Gasteiger partial charge in [0, 0.05) is 19.6 Å². The number of aliphatic carboxylic acids is 1. The molecule has 0 aromatic heterocycles. The molecule has 2 rings (SSSR count). The number of hydrogen-bond acceptors (Lipinski definition) is 5. The number of halogens is 1. The average molecular weight is 385 g/mol. The minimum atomic E-state index is -0.895. The average Bonchev–Trinajstić information content (AvgIpc) is 2.56. The number of nitrogens with zero attached hydrogens (tertiary/aromatic N) is 2. The van der Waals surface area contributed by atoms with Gasteiger partial charge in [-0.15, -0.1) is 0 Å². The van der Waals surface area contributed by atoms with Gasteiger partial charge < -0.3 is 19.5 Å². The molecule has 144 valence electrons. The van der Waals surface area contributed by atoms with Crippen LogP contribution in [0, 0.1) is 6.92 Å². The summed E-state index contributed by atoms with van der Waals surface area (Å²) in [5.74, 6) is -0.552. The molecular formula is C18H25ClN2O5. The van der Waals surface area contributed by atoms with Gasteiger partial charge in [-0.05, 0) is 38.6 Å². The van der Waals surface area contributed by atoms with Gasteiger partial charge in [-0.25, -0.2) is 0 Å². The van der Waals surface area contributed by atoms with E-state index >= 15 is 0 Å². The first-order chi connectivity index (χ1) is 12.3. The van der Waals surface area contributed by atoms with Crippen molar-refractivity contribution in [3.63, 3.8) is 0 Å². The Balaban J connectivity index is 1.93. The number of aryl methyl sites for hydroxylation is 1. The van der Waals surface area contributed by atoms with Crippen molar-refractivity contribution in [2.45, 2.75) is 26.1 Å². The Kier molecular flexibility index (Phi) is 7.25. The number of ether oxygens (including phenoxy) is 2. The minimum Gasteiger partial charge on any atom is -0.480 e. The van der Waals surface area contributed by atoms with Crippen LogP contribution in [-0.2, 0) is 14.3 Å². The Hall–Kier alpha value is -1.83. The monoisotopic (exact) mass is 384 g/mol. The maximum absolute atomic E-state index is 12.7. The molecule has 0 unspecified atom stereocenters. The fourth-order valence-electron chi connectivity index (χ4n) is 2.87. The van der Waals surface area contributed by atoms with Gasteiger partial charge in [0.25, 0.3) is 5.91 Å². The Bertz CT molecular complexity index is 654. The van der Waals surface area contributed by atoms with Crippen molar-refractivity contribution in [3.05, 3.63) is 28.8 Å². The van der Waals surface area contributed by atoms with Crippen LogP contribution in [0.4, 0.5) is 0 Å². The maximum Gasteiger partial charge on any atom is 0.317 e. The second-order valence-electron chi connectivity index (χ2n) is 6.56. The number of morpholine rings is 1. The summed E-state index contributed by atoms with van der Waals surface area (Å²) in [6.45, 7) is 5.28. The molecule has 1 amide bonds. The topological polar surface area (TPSA) is 79.3 Å². The van der Waals surface area contributed by atoms with Crippen molar-refractivity contribution in [3.8, 4) is 5.75 Å². The highest BCUT2D eigenvalue weighted by Crippen LogP contribution is 2.26. The lowest BCUT2D eigenvalue weighted by Gasteiger charge is -2.35. The molecule has 1 saturated heterocycles. The molecule has 0 aliphatic carbocycles. The molecule has 1 heterocycles. The number of carbonyl (C=O) groups is 2. The van der Waals surface area contributed by atoms with E-state index < -0.39 is 12.1 Å². The number of rotatable bonds is 7. The molecular weight excluding hydrogens is 360 g/mol. The zero-order valence-corrected chi connectivity index (χ0v) is 16.0. The van der Waals surface area contributed by atoms with Crippen molar-refractivity contribution < 1.29 is 24.2 Å². The number of carboxylic acids is 1. The molecule has 1 aliphatic heterocycles. The van der Waals surface area contributed by atoms with E-state index in [2.05, 4.69) is 0 Å². The summed E-state index contributed by atoms with van der Waals surface area (Å²) in [6.07, 6.45) is -0.906. The fourth-order valence-corrected chi connectivity index (χ4v) is 3.03. The second kappa shape index (κ2) is 9.21. The Morgan fingerprint density at radius 3 is 2.92 bits per heavy atom. The third kappa shape index (κ3) is 5.86. The van der Waals surface area contributed by atoms with E-state index in [1.807, 2.05) is 13.0 Å². The molecule has 0 saturated carbocycles. The minimum absolute atomic E-state index is 0.0703. The summed E-state index contributed by atoms with van der Waals surface area (Å²) in [4.78, 5) is 26.8. The molecule has 8 heteroatoms. The summed E-state index contributed by atoms with van der Waals surface area (Å²) in [6, 6.07) is 5.42. The first-order valence-corrected chi connectivity index (χ1v) is 8.87. The molecule has 0 radical (unpaired) electrons. The van der Waals surface area contributed by atoms with Crippen molar-refractivity contribution >= 4 is 23.5 Å². The second-order valence-corrected chi connectivity index (χ2v) is 6.97. The smallest absolute Gasteiger partial charge is 0.317 e. The third-order valence-corrected chi connectivity index (χ3v) is 4.42. The van der Waals surface area contributed by atoms with Gasteiger partial charge in [0.05, 0.1) is 24.3 Å². The van der Waals surface area contributed by atoms with Gasteiger partial charge >= 0.3 is 5.97 Å². The van der Waals surface area contributed by atoms with Crippen LogP contribution in [0.15, 0.2) is 18.2 Å². The van der Waals surface area contributed by atoms with E-state index in [4.69, 9.17) is 26.2 Å². The molecule has 0 bridgehead atoms. The van der Waals surface area contributed by atoms with Crippen molar-refractivity contribution in [2.75, 3.05) is 39.8 Å². The number of amides is 1. The largest absolute Gasteiger partial charge is 0.480 e. The predicted octanol–water partition coefficient (Wildman–Crippen LogP) is 1.66. The van der Waals surface area contributed by atoms with E-state index in [9.17, 15) is 9.59 Å². The first kappa shape index (κ1) is 20.5. The molecule has 1 aromatic rings. The quantitative estimate of drug-likeness (QED) is 0.770. The van der Waals surface area contributed by atoms with Crippen LogP contribution in [0.3, 0.4) is 0 Å². The van der Waals surface area contributed by atoms with E-state index in [0.29, 0.717) is 37.0 Å². The molecule has 1 aromatic carbocycles. The SMILES string of the molecule is Cc1ccc(Cl)c(O[C@@H](C)C(=O)N2CCO[C@@H](CN(C)CC(=O)O)C2)c1. The fraction of sp³-hybridized carbons (Fsp3) is 0.556. The van der Waals surface area contributed by atoms with Crippen molar-refractivity contribution in [1.82, 2.24) is 9.80 Å². The Morgan fingerprint density at radius 2 is 2.23 bits per heavy atom. The third-order valence-electron chi connectivity index (χ3n) is 4.11. The van der Waals surface area contributed by atoms with Crippen LogP contribution < -0.4 is 4.74 Å². The van der Waals surface area contributed by atoms with Gasteiger partial charge in [-0.1, -0.05) is 17.7 Å². The van der Waals surface area contributed by atoms with E-state index in [0.717, 1.165) is 5.56 Å². The Labute approximate surface area is 158 Å².